The van der Waals surface area contributed by atoms with Crippen LogP contribution in [0.4, 0.5) is 5.95 Å². The van der Waals surface area contributed by atoms with E-state index in [9.17, 15) is 0 Å². The van der Waals surface area contributed by atoms with Crippen molar-refractivity contribution >= 4 is 33.6 Å². The zero-order valence-corrected chi connectivity index (χ0v) is 11.8. The molecule has 0 aliphatic heterocycles. The lowest BCUT2D eigenvalue weighted by molar-refractivity contribution is 0.637. The van der Waals surface area contributed by atoms with Crippen molar-refractivity contribution in [3.63, 3.8) is 0 Å². The maximum Gasteiger partial charge on any atom is 0.222 e. The highest BCUT2D eigenvalue weighted by Crippen LogP contribution is 2.40. The van der Waals surface area contributed by atoms with Gasteiger partial charge in [-0.15, -0.1) is 0 Å². The van der Waals surface area contributed by atoms with Crippen LogP contribution in [0, 0.1) is 0 Å². The molecular weight excluding hydrogens is 286 g/mol. The smallest absolute Gasteiger partial charge is 0.222 e. The molecule has 1 aromatic heterocycles. The summed E-state index contributed by atoms with van der Waals surface area (Å²) in [5, 5.41) is 3.34. The fourth-order valence-corrected chi connectivity index (χ4v) is 3.23. The lowest BCUT2D eigenvalue weighted by atomic mass is 10.1. The van der Waals surface area contributed by atoms with E-state index in [0.29, 0.717) is 4.75 Å². The van der Waals surface area contributed by atoms with Crippen LogP contribution >= 0.6 is 27.7 Å². The number of nitrogens with zero attached hydrogens (tertiary/aromatic N) is 2. The van der Waals surface area contributed by atoms with Crippen LogP contribution in [0.1, 0.15) is 25.7 Å². The Morgan fingerprint density at radius 3 is 2.56 bits per heavy atom. The lowest BCUT2D eigenvalue weighted by Gasteiger charge is -2.26. The molecule has 16 heavy (non-hydrogen) atoms. The Hall–Kier alpha value is -0.290. The Bertz CT molecular complexity index is 336. The van der Waals surface area contributed by atoms with Gasteiger partial charge in [0.2, 0.25) is 5.95 Å². The van der Waals surface area contributed by atoms with Crippen molar-refractivity contribution < 1.29 is 0 Å². The molecular formula is C11H16BrN3S. The first-order valence-corrected chi connectivity index (χ1v) is 7.52. The van der Waals surface area contributed by atoms with Crippen LogP contribution in [0.5, 0.6) is 0 Å². The Labute approximate surface area is 109 Å². The first-order valence-electron chi connectivity index (χ1n) is 5.51. The van der Waals surface area contributed by atoms with Gasteiger partial charge in [0.05, 0.1) is 4.47 Å². The standard InChI is InChI=1S/C11H16BrN3S/c1-16-11(4-2-3-5-11)8-15-10-13-6-9(12)7-14-10/h6-7H,2-5,8H2,1H3,(H,13,14,15). The molecule has 0 bridgehead atoms. The summed E-state index contributed by atoms with van der Waals surface area (Å²) in [4.78, 5) is 8.45. The van der Waals surface area contributed by atoms with Gasteiger partial charge in [-0.2, -0.15) is 11.8 Å². The van der Waals surface area contributed by atoms with Crippen molar-refractivity contribution in [1.29, 1.82) is 0 Å². The molecule has 5 heteroatoms. The summed E-state index contributed by atoms with van der Waals surface area (Å²) >= 11 is 5.31. The van der Waals surface area contributed by atoms with Gasteiger partial charge in [0.15, 0.2) is 0 Å². The molecule has 1 aliphatic carbocycles. The van der Waals surface area contributed by atoms with Gasteiger partial charge in [0.1, 0.15) is 0 Å². The first-order chi connectivity index (χ1) is 7.74. The summed E-state index contributed by atoms with van der Waals surface area (Å²) in [6.07, 6.45) is 11.1. The van der Waals surface area contributed by atoms with Crippen LogP contribution in [0.2, 0.25) is 0 Å². The molecule has 1 heterocycles. The molecule has 1 aromatic rings. The Morgan fingerprint density at radius 1 is 1.38 bits per heavy atom. The second-order valence-electron chi connectivity index (χ2n) is 4.17. The lowest BCUT2D eigenvalue weighted by Crippen LogP contribution is -2.30. The van der Waals surface area contributed by atoms with Crippen molar-refractivity contribution in [1.82, 2.24) is 9.97 Å². The molecule has 88 valence electrons. The average Bonchev–Trinajstić information content (AvgIpc) is 2.78. The quantitative estimate of drug-likeness (QED) is 0.926. The van der Waals surface area contributed by atoms with E-state index in [4.69, 9.17) is 0 Å². The van der Waals surface area contributed by atoms with Gasteiger partial charge in [-0.25, -0.2) is 9.97 Å². The van der Waals surface area contributed by atoms with Crippen molar-refractivity contribution in [3.05, 3.63) is 16.9 Å². The van der Waals surface area contributed by atoms with Gasteiger partial charge >= 0.3 is 0 Å². The van der Waals surface area contributed by atoms with E-state index in [1.165, 1.54) is 25.7 Å². The fraction of sp³-hybridized carbons (Fsp3) is 0.636. The maximum atomic E-state index is 4.23. The number of aromatic nitrogens is 2. The number of hydrogen-bond acceptors (Lipinski definition) is 4. The van der Waals surface area contributed by atoms with E-state index in [2.05, 4.69) is 37.5 Å². The Balaban J connectivity index is 1.93. The normalized spacial score (nSPS) is 18.6. The van der Waals surface area contributed by atoms with Crippen molar-refractivity contribution in [3.8, 4) is 0 Å². The molecule has 0 spiro atoms. The van der Waals surface area contributed by atoms with Gasteiger partial charge in [-0.1, -0.05) is 12.8 Å². The van der Waals surface area contributed by atoms with Crippen LogP contribution in [-0.4, -0.2) is 27.5 Å². The van der Waals surface area contributed by atoms with E-state index in [1.807, 2.05) is 11.8 Å². The van der Waals surface area contributed by atoms with Gasteiger partial charge < -0.3 is 5.32 Å². The fourth-order valence-electron chi connectivity index (χ4n) is 2.12. The SMILES string of the molecule is CSC1(CNc2ncc(Br)cn2)CCCC1. The van der Waals surface area contributed by atoms with Gasteiger partial charge in [-0.05, 0) is 35.0 Å². The van der Waals surface area contributed by atoms with E-state index in [0.717, 1.165) is 17.0 Å². The Kier molecular flexibility index (Phi) is 4.08. The molecule has 0 radical (unpaired) electrons. The summed E-state index contributed by atoms with van der Waals surface area (Å²) in [5.41, 5.74) is 0. The molecule has 2 rings (SSSR count). The first kappa shape index (κ1) is 12.2. The molecule has 0 atom stereocenters. The maximum absolute atomic E-state index is 4.23. The highest BCUT2D eigenvalue weighted by molar-refractivity contribution is 9.10. The second-order valence-corrected chi connectivity index (χ2v) is 6.36. The number of anilines is 1. The second kappa shape index (κ2) is 5.36. The van der Waals surface area contributed by atoms with E-state index in [-0.39, 0.29) is 0 Å². The summed E-state index contributed by atoms with van der Waals surface area (Å²) in [7, 11) is 0. The van der Waals surface area contributed by atoms with Gasteiger partial charge in [0.25, 0.3) is 0 Å². The predicted molar refractivity (Wildman–Crippen MR) is 72.9 cm³/mol. The van der Waals surface area contributed by atoms with Gasteiger partial charge in [-0.3, -0.25) is 0 Å². The third kappa shape index (κ3) is 2.88. The minimum absolute atomic E-state index is 0.399. The Morgan fingerprint density at radius 2 is 2.00 bits per heavy atom. The minimum Gasteiger partial charge on any atom is -0.353 e. The molecule has 1 aliphatic rings. The monoisotopic (exact) mass is 301 g/mol. The molecule has 0 aromatic carbocycles. The van der Waals surface area contributed by atoms with Crippen LogP contribution in [-0.2, 0) is 0 Å². The molecule has 3 nitrogen and oxygen atoms in total. The average molecular weight is 302 g/mol. The summed E-state index contributed by atoms with van der Waals surface area (Å²) in [6, 6.07) is 0. The number of halogens is 1. The third-order valence-corrected chi connectivity index (χ3v) is 4.96. The molecule has 1 N–H and O–H groups in total. The van der Waals surface area contributed by atoms with Crippen molar-refractivity contribution in [2.24, 2.45) is 0 Å². The predicted octanol–water partition coefficient (Wildman–Crippen LogP) is 3.33. The van der Waals surface area contributed by atoms with Crippen LogP contribution in [0.3, 0.4) is 0 Å². The molecule has 1 fully saturated rings. The topological polar surface area (TPSA) is 37.8 Å². The van der Waals surface area contributed by atoms with Crippen LogP contribution < -0.4 is 5.32 Å². The summed E-state index contributed by atoms with van der Waals surface area (Å²) in [5.74, 6) is 0.725. The number of hydrogen-bond donors (Lipinski definition) is 1. The van der Waals surface area contributed by atoms with Gasteiger partial charge in [0, 0.05) is 23.7 Å². The van der Waals surface area contributed by atoms with Crippen molar-refractivity contribution in [2.45, 2.75) is 30.4 Å². The third-order valence-electron chi connectivity index (χ3n) is 3.14. The van der Waals surface area contributed by atoms with E-state index < -0.39 is 0 Å². The number of thioether (sulfide) groups is 1. The summed E-state index contributed by atoms with van der Waals surface area (Å²) in [6.45, 7) is 0.968. The zero-order valence-electron chi connectivity index (χ0n) is 9.37. The highest BCUT2D eigenvalue weighted by Gasteiger charge is 2.32. The van der Waals surface area contributed by atoms with Crippen LogP contribution in [0.25, 0.3) is 0 Å². The molecule has 0 unspecified atom stereocenters. The van der Waals surface area contributed by atoms with E-state index in [1.54, 1.807) is 12.4 Å². The van der Waals surface area contributed by atoms with E-state index >= 15 is 0 Å². The molecule has 1 saturated carbocycles. The van der Waals surface area contributed by atoms with Crippen molar-refractivity contribution in [2.75, 3.05) is 18.1 Å². The molecule has 0 amide bonds. The largest absolute Gasteiger partial charge is 0.353 e. The van der Waals surface area contributed by atoms with Crippen LogP contribution in [0.15, 0.2) is 16.9 Å². The number of rotatable bonds is 4. The zero-order chi connectivity index (χ0) is 11.4. The minimum atomic E-state index is 0.399. The number of nitrogens with one attached hydrogen (secondary N) is 1. The highest BCUT2D eigenvalue weighted by atomic mass is 79.9. The summed E-state index contributed by atoms with van der Waals surface area (Å²) < 4.78 is 1.31. The molecule has 0 saturated heterocycles.